The minimum Gasteiger partial charge on any atom is -0.207 e. The fraction of sp³-hybridized carbons (Fsp3) is 0.400. The van der Waals surface area contributed by atoms with Crippen molar-refractivity contribution in [1.29, 1.82) is 0 Å². The molecular formula is C10H9BrF4. The first-order chi connectivity index (χ1) is 6.86. The van der Waals surface area contributed by atoms with E-state index in [9.17, 15) is 17.6 Å². The van der Waals surface area contributed by atoms with E-state index in [1.54, 1.807) is 6.92 Å². The molecule has 0 spiro atoms. The van der Waals surface area contributed by atoms with E-state index in [-0.39, 0.29) is 11.5 Å². The Morgan fingerprint density at radius 3 is 2.40 bits per heavy atom. The SMILES string of the molecule is CC(CBr)c1cc(C(F)(F)F)ccc1F. The zero-order valence-electron chi connectivity index (χ0n) is 7.91. The van der Waals surface area contributed by atoms with Crippen LogP contribution in [0.15, 0.2) is 18.2 Å². The average molecular weight is 285 g/mol. The Kier molecular flexibility index (Phi) is 3.76. The first-order valence-corrected chi connectivity index (χ1v) is 5.41. The molecule has 0 saturated heterocycles. The zero-order valence-corrected chi connectivity index (χ0v) is 9.49. The zero-order chi connectivity index (χ0) is 11.6. The first-order valence-electron chi connectivity index (χ1n) is 4.29. The predicted octanol–water partition coefficient (Wildman–Crippen LogP) is 4.34. The topological polar surface area (TPSA) is 0 Å². The van der Waals surface area contributed by atoms with Gasteiger partial charge in [0.15, 0.2) is 0 Å². The molecule has 0 nitrogen and oxygen atoms in total. The minimum absolute atomic E-state index is 0.0849. The van der Waals surface area contributed by atoms with E-state index in [2.05, 4.69) is 15.9 Å². The molecule has 0 radical (unpaired) electrons. The van der Waals surface area contributed by atoms with Crippen LogP contribution in [0.5, 0.6) is 0 Å². The molecule has 0 aliphatic rings. The summed E-state index contributed by atoms with van der Waals surface area (Å²) < 4.78 is 50.2. The minimum atomic E-state index is -4.42. The summed E-state index contributed by atoms with van der Waals surface area (Å²) in [5, 5.41) is 0.422. The molecule has 1 atom stereocenters. The second kappa shape index (κ2) is 4.51. The van der Waals surface area contributed by atoms with Crippen molar-refractivity contribution in [2.75, 3.05) is 5.33 Å². The van der Waals surface area contributed by atoms with Gasteiger partial charge in [0.2, 0.25) is 0 Å². The largest absolute Gasteiger partial charge is 0.416 e. The number of benzene rings is 1. The Bertz CT molecular complexity index is 346. The number of hydrogen-bond acceptors (Lipinski definition) is 0. The molecule has 0 bridgehead atoms. The van der Waals surface area contributed by atoms with Crippen LogP contribution in [0.4, 0.5) is 17.6 Å². The Balaban J connectivity index is 3.17. The van der Waals surface area contributed by atoms with Crippen LogP contribution in [0.1, 0.15) is 24.0 Å². The van der Waals surface area contributed by atoms with E-state index in [0.717, 1.165) is 18.2 Å². The summed E-state index contributed by atoms with van der Waals surface area (Å²) in [6.45, 7) is 1.66. The van der Waals surface area contributed by atoms with E-state index in [1.807, 2.05) is 0 Å². The molecule has 0 aliphatic heterocycles. The van der Waals surface area contributed by atoms with E-state index < -0.39 is 17.6 Å². The van der Waals surface area contributed by atoms with E-state index in [1.165, 1.54) is 0 Å². The molecule has 0 N–H and O–H groups in total. The number of alkyl halides is 4. The molecule has 15 heavy (non-hydrogen) atoms. The predicted molar refractivity (Wildman–Crippen MR) is 53.6 cm³/mol. The van der Waals surface area contributed by atoms with Crippen LogP contribution in [0.25, 0.3) is 0 Å². The Labute approximate surface area is 93.4 Å². The van der Waals surface area contributed by atoms with Crippen LogP contribution in [0.3, 0.4) is 0 Å². The van der Waals surface area contributed by atoms with Gasteiger partial charge in [0.05, 0.1) is 5.56 Å². The summed E-state index contributed by atoms with van der Waals surface area (Å²) in [4.78, 5) is 0. The standard InChI is InChI=1S/C10H9BrF4/c1-6(5-11)8-4-7(10(13,14)15)2-3-9(8)12/h2-4,6H,5H2,1H3. The van der Waals surface area contributed by atoms with Gasteiger partial charge in [-0.2, -0.15) is 13.2 Å². The summed E-state index contributed by atoms with van der Waals surface area (Å²) in [6.07, 6.45) is -4.42. The highest BCUT2D eigenvalue weighted by Crippen LogP contribution is 2.32. The van der Waals surface area contributed by atoms with Crippen molar-refractivity contribution in [3.63, 3.8) is 0 Å². The molecule has 0 amide bonds. The Morgan fingerprint density at radius 2 is 1.93 bits per heavy atom. The van der Waals surface area contributed by atoms with Gasteiger partial charge in [-0.1, -0.05) is 22.9 Å². The molecule has 1 rings (SSSR count). The van der Waals surface area contributed by atoms with Crippen molar-refractivity contribution in [2.45, 2.75) is 19.0 Å². The monoisotopic (exact) mass is 284 g/mol. The third-order valence-corrected chi connectivity index (χ3v) is 3.06. The highest BCUT2D eigenvalue weighted by Gasteiger charge is 2.31. The van der Waals surface area contributed by atoms with Crippen molar-refractivity contribution in [3.05, 3.63) is 35.1 Å². The van der Waals surface area contributed by atoms with Crippen LogP contribution in [0, 0.1) is 5.82 Å². The van der Waals surface area contributed by atoms with Gasteiger partial charge >= 0.3 is 6.18 Å². The molecule has 0 heterocycles. The summed E-state index contributed by atoms with van der Waals surface area (Å²) in [5.74, 6) is -0.887. The molecule has 1 aromatic carbocycles. The highest BCUT2D eigenvalue weighted by molar-refractivity contribution is 9.09. The maximum absolute atomic E-state index is 13.2. The second-order valence-electron chi connectivity index (χ2n) is 3.29. The van der Waals surface area contributed by atoms with E-state index in [4.69, 9.17) is 0 Å². The van der Waals surface area contributed by atoms with Gasteiger partial charge in [-0.05, 0) is 29.7 Å². The molecule has 1 unspecified atom stereocenters. The molecule has 0 aromatic heterocycles. The molecule has 1 aromatic rings. The van der Waals surface area contributed by atoms with E-state index in [0.29, 0.717) is 5.33 Å². The third-order valence-electron chi connectivity index (χ3n) is 2.09. The maximum atomic E-state index is 13.2. The van der Waals surface area contributed by atoms with Crippen molar-refractivity contribution < 1.29 is 17.6 Å². The van der Waals surface area contributed by atoms with Crippen LogP contribution in [-0.4, -0.2) is 5.33 Å². The Hall–Kier alpha value is -0.580. The normalized spacial score (nSPS) is 14.0. The van der Waals surface area contributed by atoms with Gasteiger partial charge < -0.3 is 0 Å². The van der Waals surface area contributed by atoms with Crippen LogP contribution >= 0.6 is 15.9 Å². The average Bonchev–Trinajstić information content (AvgIpc) is 2.15. The fourth-order valence-electron chi connectivity index (χ4n) is 1.18. The van der Waals surface area contributed by atoms with Crippen molar-refractivity contribution in [3.8, 4) is 0 Å². The lowest BCUT2D eigenvalue weighted by atomic mass is 10.00. The summed E-state index contributed by atoms with van der Waals surface area (Å²) in [5.41, 5.74) is -0.728. The number of rotatable bonds is 2. The van der Waals surface area contributed by atoms with Gasteiger partial charge in [-0.25, -0.2) is 4.39 Å². The van der Waals surface area contributed by atoms with Gasteiger partial charge in [-0.3, -0.25) is 0 Å². The smallest absolute Gasteiger partial charge is 0.207 e. The van der Waals surface area contributed by atoms with Gasteiger partial charge in [0, 0.05) is 5.33 Å². The highest BCUT2D eigenvalue weighted by atomic mass is 79.9. The summed E-state index contributed by atoms with van der Waals surface area (Å²) >= 11 is 3.11. The van der Waals surface area contributed by atoms with Crippen molar-refractivity contribution in [2.24, 2.45) is 0 Å². The van der Waals surface area contributed by atoms with Gasteiger partial charge in [0.1, 0.15) is 5.82 Å². The lowest BCUT2D eigenvalue weighted by Crippen LogP contribution is -2.08. The summed E-state index contributed by atoms with van der Waals surface area (Å²) in [7, 11) is 0. The van der Waals surface area contributed by atoms with Crippen LogP contribution in [0.2, 0.25) is 0 Å². The quantitative estimate of drug-likeness (QED) is 0.560. The van der Waals surface area contributed by atoms with Crippen LogP contribution < -0.4 is 0 Å². The second-order valence-corrected chi connectivity index (χ2v) is 3.94. The van der Waals surface area contributed by atoms with E-state index >= 15 is 0 Å². The Morgan fingerprint density at radius 1 is 1.33 bits per heavy atom. The van der Waals surface area contributed by atoms with Gasteiger partial charge in [-0.15, -0.1) is 0 Å². The van der Waals surface area contributed by atoms with Crippen molar-refractivity contribution in [1.82, 2.24) is 0 Å². The lowest BCUT2D eigenvalue weighted by molar-refractivity contribution is -0.137. The summed E-state index contributed by atoms with van der Waals surface area (Å²) in [6, 6.07) is 2.47. The maximum Gasteiger partial charge on any atom is 0.416 e. The first kappa shape index (κ1) is 12.5. The lowest BCUT2D eigenvalue weighted by Gasteiger charge is -2.13. The van der Waals surface area contributed by atoms with Crippen molar-refractivity contribution >= 4 is 15.9 Å². The van der Waals surface area contributed by atoms with Crippen LogP contribution in [-0.2, 0) is 6.18 Å². The number of hydrogen-bond donors (Lipinski definition) is 0. The molecule has 0 aliphatic carbocycles. The molecule has 0 saturated carbocycles. The molecule has 0 fully saturated rings. The van der Waals surface area contributed by atoms with Gasteiger partial charge in [0.25, 0.3) is 0 Å². The molecule has 84 valence electrons. The molecular weight excluding hydrogens is 276 g/mol. The third kappa shape index (κ3) is 2.93. The number of halogens is 5. The molecule has 5 heteroatoms. The fourth-order valence-corrected chi connectivity index (χ4v) is 1.53.